The SMILES string of the molecule is C=C(CBr)CNOC. The predicted octanol–water partition coefficient (Wildman–Crippen LogP) is 1.09. The minimum absolute atomic E-state index is 0.710. The van der Waals surface area contributed by atoms with Gasteiger partial charge >= 0.3 is 0 Å². The van der Waals surface area contributed by atoms with Crippen LogP contribution < -0.4 is 5.48 Å². The molecule has 0 fully saturated rings. The van der Waals surface area contributed by atoms with Crippen LogP contribution in [-0.2, 0) is 4.84 Å². The van der Waals surface area contributed by atoms with Gasteiger partial charge in [-0.25, -0.2) is 0 Å². The fraction of sp³-hybridized carbons (Fsp3) is 0.600. The van der Waals surface area contributed by atoms with Gasteiger partial charge in [-0.3, -0.25) is 0 Å². The summed E-state index contributed by atoms with van der Waals surface area (Å²) in [6.07, 6.45) is 0. The number of alkyl halides is 1. The van der Waals surface area contributed by atoms with Crippen molar-refractivity contribution in [1.82, 2.24) is 5.48 Å². The molecule has 0 unspecified atom stereocenters. The normalized spacial score (nSPS) is 9.25. The Bertz CT molecular complexity index is 74.8. The van der Waals surface area contributed by atoms with Crippen molar-refractivity contribution in [2.45, 2.75) is 0 Å². The van der Waals surface area contributed by atoms with Crippen molar-refractivity contribution in [3.05, 3.63) is 12.2 Å². The zero-order chi connectivity index (χ0) is 6.41. The van der Waals surface area contributed by atoms with E-state index >= 15 is 0 Å². The van der Waals surface area contributed by atoms with Gasteiger partial charge in [0.25, 0.3) is 0 Å². The van der Waals surface area contributed by atoms with Gasteiger partial charge in [-0.05, 0) is 0 Å². The van der Waals surface area contributed by atoms with Gasteiger partial charge in [0, 0.05) is 11.9 Å². The zero-order valence-electron chi connectivity index (χ0n) is 4.91. The second kappa shape index (κ2) is 5.28. The third kappa shape index (κ3) is 4.30. The fourth-order valence-corrected chi connectivity index (χ4v) is 0.420. The molecule has 0 atom stereocenters. The van der Waals surface area contributed by atoms with Crippen molar-refractivity contribution >= 4 is 15.9 Å². The third-order valence-corrected chi connectivity index (χ3v) is 1.45. The van der Waals surface area contributed by atoms with Crippen molar-refractivity contribution in [1.29, 1.82) is 0 Å². The number of hydrogen-bond donors (Lipinski definition) is 1. The molecule has 0 aliphatic carbocycles. The maximum absolute atomic E-state index is 4.58. The van der Waals surface area contributed by atoms with Crippen LogP contribution in [0.15, 0.2) is 12.2 Å². The molecule has 2 nitrogen and oxygen atoms in total. The second-order valence-electron chi connectivity index (χ2n) is 1.41. The van der Waals surface area contributed by atoms with Crippen LogP contribution >= 0.6 is 15.9 Å². The van der Waals surface area contributed by atoms with E-state index in [4.69, 9.17) is 0 Å². The standard InChI is InChI=1S/C5H10BrNO/c1-5(3-6)4-7-8-2/h7H,1,3-4H2,2H3. The summed E-state index contributed by atoms with van der Waals surface area (Å²) in [5.41, 5.74) is 3.75. The van der Waals surface area contributed by atoms with Gasteiger partial charge in [0.1, 0.15) is 0 Å². The van der Waals surface area contributed by atoms with Crippen LogP contribution in [0.1, 0.15) is 0 Å². The lowest BCUT2D eigenvalue weighted by Crippen LogP contribution is -2.14. The highest BCUT2D eigenvalue weighted by Gasteiger charge is 1.86. The second-order valence-corrected chi connectivity index (χ2v) is 1.97. The van der Waals surface area contributed by atoms with Crippen LogP contribution in [0.3, 0.4) is 0 Å². The van der Waals surface area contributed by atoms with Crippen molar-refractivity contribution < 1.29 is 4.84 Å². The van der Waals surface area contributed by atoms with Crippen LogP contribution in [0.25, 0.3) is 0 Å². The monoisotopic (exact) mass is 179 g/mol. The van der Waals surface area contributed by atoms with Crippen LogP contribution in [0.5, 0.6) is 0 Å². The highest BCUT2D eigenvalue weighted by molar-refractivity contribution is 9.09. The Morgan fingerprint density at radius 2 is 2.50 bits per heavy atom. The summed E-state index contributed by atoms with van der Waals surface area (Å²) < 4.78 is 0. The highest BCUT2D eigenvalue weighted by atomic mass is 79.9. The summed E-state index contributed by atoms with van der Waals surface area (Å²) in [6, 6.07) is 0. The van der Waals surface area contributed by atoms with Crippen LogP contribution in [0.4, 0.5) is 0 Å². The number of hydroxylamine groups is 1. The average molecular weight is 180 g/mol. The Morgan fingerprint density at radius 1 is 1.88 bits per heavy atom. The van der Waals surface area contributed by atoms with E-state index in [2.05, 4.69) is 32.8 Å². The maximum atomic E-state index is 4.58. The molecule has 0 spiro atoms. The molecule has 0 aliphatic rings. The van der Waals surface area contributed by atoms with E-state index in [0.717, 1.165) is 10.9 Å². The molecule has 48 valence electrons. The summed E-state index contributed by atoms with van der Waals surface area (Å²) in [6.45, 7) is 4.43. The summed E-state index contributed by atoms with van der Waals surface area (Å²) in [7, 11) is 1.58. The lowest BCUT2D eigenvalue weighted by Gasteiger charge is -1.99. The molecule has 0 saturated heterocycles. The van der Waals surface area contributed by atoms with E-state index in [9.17, 15) is 0 Å². The first kappa shape index (κ1) is 8.14. The molecular weight excluding hydrogens is 170 g/mol. The van der Waals surface area contributed by atoms with Crippen LogP contribution in [0.2, 0.25) is 0 Å². The number of rotatable bonds is 4. The van der Waals surface area contributed by atoms with Crippen LogP contribution in [0, 0.1) is 0 Å². The summed E-state index contributed by atoms with van der Waals surface area (Å²) in [4.78, 5) is 4.58. The third-order valence-electron chi connectivity index (χ3n) is 0.655. The predicted molar refractivity (Wildman–Crippen MR) is 37.9 cm³/mol. The lowest BCUT2D eigenvalue weighted by atomic mass is 10.4. The lowest BCUT2D eigenvalue weighted by molar-refractivity contribution is 0.0993. The Hall–Kier alpha value is 0.140. The van der Waals surface area contributed by atoms with Gasteiger partial charge in [-0.2, -0.15) is 5.48 Å². The van der Waals surface area contributed by atoms with Crippen molar-refractivity contribution in [3.63, 3.8) is 0 Å². The van der Waals surface area contributed by atoms with Crippen molar-refractivity contribution in [2.24, 2.45) is 0 Å². The molecule has 0 aromatic heterocycles. The molecule has 0 saturated carbocycles. The van der Waals surface area contributed by atoms with Gasteiger partial charge in [0.05, 0.1) is 7.11 Å². The molecule has 0 bridgehead atoms. The van der Waals surface area contributed by atoms with Gasteiger partial charge in [-0.1, -0.05) is 28.1 Å². The maximum Gasteiger partial charge on any atom is 0.0572 e. The van der Waals surface area contributed by atoms with E-state index in [1.54, 1.807) is 7.11 Å². The molecule has 0 aromatic carbocycles. The average Bonchev–Trinajstić information content (AvgIpc) is 1.83. The molecule has 0 aliphatic heterocycles. The summed E-state index contributed by atoms with van der Waals surface area (Å²) in [5.74, 6) is 0. The minimum Gasteiger partial charge on any atom is -0.305 e. The number of hydrogen-bond acceptors (Lipinski definition) is 2. The van der Waals surface area contributed by atoms with E-state index in [-0.39, 0.29) is 0 Å². The summed E-state index contributed by atoms with van der Waals surface area (Å²) in [5, 5.41) is 0.823. The largest absolute Gasteiger partial charge is 0.305 e. The first-order valence-electron chi connectivity index (χ1n) is 2.29. The Kier molecular flexibility index (Phi) is 5.37. The van der Waals surface area contributed by atoms with E-state index in [1.165, 1.54) is 0 Å². The van der Waals surface area contributed by atoms with Crippen molar-refractivity contribution in [2.75, 3.05) is 19.0 Å². The molecule has 0 heterocycles. The number of halogens is 1. The highest BCUT2D eigenvalue weighted by Crippen LogP contribution is 1.92. The minimum atomic E-state index is 0.710. The first-order valence-corrected chi connectivity index (χ1v) is 3.42. The molecule has 3 heteroatoms. The molecule has 0 radical (unpaired) electrons. The van der Waals surface area contributed by atoms with Crippen molar-refractivity contribution in [3.8, 4) is 0 Å². The molecule has 8 heavy (non-hydrogen) atoms. The molecular formula is C5H10BrNO. The first-order chi connectivity index (χ1) is 3.81. The molecule has 0 amide bonds. The van der Waals surface area contributed by atoms with Gasteiger partial charge < -0.3 is 4.84 Å². The Labute approximate surface area is 58.0 Å². The van der Waals surface area contributed by atoms with Gasteiger partial charge in [0.15, 0.2) is 0 Å². The van der Waals surface area contributed by atoms with Gasteiger partial charge in [0.2, 0.25) is 0 Å². The number of nitrogens with one attached hydrogen (secondary N) is 1. The zero-order valence-corrected chi connectivity index (χ0v) is 6.49. The fourth-order valence-electron chi connectivity index (χ4n) is 0.221. The molecule has 1 N–H and O–H groups in total. The van der Waals surface area contributed by atoms with Crippen LogP contribution in [-0.4, -0.2) is 19.0 Å². The van der Waals surface area contributed by atoms with E-state index in [0.29, 0.717) is 6.54 Å². The molecule has 0 rings (SSSR count). The topological polar surface area (TPSA) is 21.3 Å². The Balaban J connectivity index is 2.99. The van der Waals surface area contributed by atoms with E-state index in [1.807, 2.05) is 0 Å². The smallest absolute Gasteiger partial charge is 0.0572 e. The summed E-state index contributed by atoms with van der Waals surface area (Å²) >= 11 is 3.25. The van der Waals surface area contributed by atoms with E-state index < -0.39 is 0 Å². The molecule has 0 aromatic rings. The Morgan fingerprint density at radius 3 is 2.88 bits per heavy atom. The quantitative estimate of drug-likeness (QED) is 0.397. The van der Waals surface area contributed by atoms with Gasteiger partial charge in [-0.15, -0.1) is 0 Å².